The third-order valence-electron chi connectivity index (χ3n) is 4.83. The number of benzene rings is 1. The van der Waals surface area contributed by atoms with E-state index in [4.69, 9.17) is 4.52 Å². The molecule has 1 atom stereocenters. The Morgan fingerprint density at radius 2 is 1.93 bits per heavy atom. The van der Waals surface area contributed by atoms with Crippen LogP contribution in [0.15, 0.2) is 46.3 Å². The molecule has 0 radical (unpaired) electrons. The van der Waals surface area contributed by atoms with Crippen LogP contribution in [0.5, 0.6) is 0 Å². The summed E-state index contributed by atoms with van der Waals surface area (Å²) in [6, 6.07) is 10.1. The number of hydrogen-bond acceptors (Lipinski definition) is 6. The molecule has 6 nitrogen and oxygen atoms in total. The van der Waals surface area contributed by atoms with E-state index in [1.165, 1.54) is 23.5 Å². The fourth-order valence-corrected chi connectivity index (χ4v) is 4.07. The smallest absolute Gasteiger partial charge is 0.260 e. The molecule has 1 N–H and O–H groups in total. The van der Waals surface area contributed by atoms with Crippen LogP contribution in [0.1, 0.15) is 29.1 Å². The first kappa shape index (κ1) is 18.6. The number of rotatable bonds is 4. The predicted molar refractivity (Wildman–Crippen MR) is 105 cm³/mol. The van der Waals surface area contributed by atoms with E-state index in [-0.39, 0.29) is 17.5 Å². The summed E-state index contributed by atoms with van der Waals surface area (Å²) in [5.74, 6) is -0.273. The number of amides is 1. The van der Waals surface area contributed by atoms with Crippen molar-refractivity contribution in [2.75, 3.05) is 31.1 Å². The van der Waals surface area contributed by atoms with E-state index < -0.39 is 6.10 Å². The average molecular weight is 401 g/mol. The van der Waals surface area contributed by atoms with Gasteiger partial charge in [0.1, 0.15) is 23.2 Å². The van der Waals surface area contributed by atoms with Gasteiger partial charge in [0.25, 0.3) is 5.91 Å². The zero-order chi connectivity index (χ0) is 19.7. The Morgan fingerprint density at radius 3 is 2.54 bits per heavy atom. The van der Waals surface area contributed by atoms with Gasteiger partial charge in [0, 0.05) is 31.9 Å². The number of aromatic nitrogens is 1. The van der Waals surface area contributed by atoms with Crippen molar-refractivity contribution in [1.29, 1.82) is 0 Å². The lowest BCUT2D eigenvalue weighted by Gasteiger charge is -2.36. The molecule has 1 fully saturated rings. The number of piperazine rings is 1. The summed E-state index contributed by atoms with van der Waals surface area (Å²) < 4.78 is 18.4. The number of anilines is 1. The van der Waals surface area contributed by atoms with Crippen LogP contribution in [0.4, 0.5) is 10.1 Å². The van der Waals surface area contributed by atoms with Gasteiger partial charge in [-0.05, 0) is 42.6 Å². The van der Waals surface area contributed by atoms with E-state index in [1.807, 2.05) is 17.5 Å². The van der Waals surface area contributed by atoms with Gasteiger partial charge in [0.2, 0.25) is 0 Å². The predicted octanol–water partition coefficient (Wildman–Crippen LogP) is 3.56. The Balaban J connectivity index is 1.54. The van der Waals surface area contributed by atoms with E-state index >= 15 is 0 Å². The number of carbonyl (C=O) groups is 1. The zero-order valence-corrected chi connectivity index (χ0v) is 16.2. The van der Waals surface area contributed by atoms with Crippen LogP contribution in [0.25, 0.3) is 10.6 Å². The first-order chi connectivity index (χ1) is 13.5. The quantitative estimate of drug-likeness (QED) is 0.724. The summed E-state index contributed by atoms with van der Waals surface area (Å²) in [5.41, 5.74) is 1.73. The molecular formula is C20H20FN3O3S. The van der Waals surface area contributed by atoms with Crippen molar-refractivity contribution in [3.05, 3.63) is 58.9 Å². The van der Waals surface area contributed by atoms with Gasteiger partial charge in [-0.2, -0.15) is 0 Å². The highest BCUT2D eigenvalue weighted by molar-refractivity contribution is 7.13. The number of thiophene rings is 1. The van der Waals surface area contributed by atoms with E-state index in [0.29, 0.717) is 37.4 Å². The lowest BCUT2D eigenvalue weighted by atomic mass is 10.1. The molecular weight excluding hydrogens is 381 g/mol. The summed E-state index contributed by atoms with van der Waals surface area (Å²) in [5, 5.41) is 16.0. The summed E-state index contributed by atoms with van der Waals surface area (Å²) in [7, 11) is 0. The van der Waals surface area contributed by atoms with Gasteiger partial charge in [0.15, 0.2) is 5.76 Å². The lowest BCUT2D eigenvalue weighted by Crippen LogP contribution is -2.49. The molecule has 0 aliphatic carbocycles. The van der Waals surface area contributed by atoms with Crippen LogP contribution in [-0.4, -0.2) is 47.2 Å². The molecule has 1 amide bonds. The number of aliphatic hydroxyl groups is 1. The fourth-order valence-electron chi connectivity index (χ4n) is 3.35. The molecule has 1 unspecified atom stereocenters. The van der Waals surface area contributed by atoms with Crippen LogP contribution in [-0.2, 0) is 0 Å². The van der Waals surface area contributed by atoms with Gasteiger partial charge in [-0.25, -0.2) is 4.39 Å². The minimum Gasteiger partial charge on any atom is -0.385 e. The second-order valence-electron chi connectivity index (χ2n) is 6.68. The van der Waals surface area contributed by atoms with Crippen molar-refractivity contribution in [2.45, 2.75) is 13.0 Å². The zero-order valence-electron chi connectivity index (χ0n) is 15.3. The molecule has 1 aromatic carbocycles. The van der Waals surface area contributed by atoms with Gasteiger partial charge >= 0.3 is 0 Å². The molecule has 1 saturated heterocycles. The van der Waals surface area contributed by atoms with Crippen molar-refractivity contribution in [1.82, 2.24) is 10.1 Å². The molecule has 146 valence electrons. The molecule has 3 aromatic rings. The maximum atomic E-state index is 13.2. The maximum Gasteiger partial charge on any atom is 0.260 e. The Hall–Kier alpha value is -2.71. The molecule has 0 bridgehead atoms. The fraction of sp³-hybridized carbons (Fsp3) is 0.300. The van der Waals surface area contributed by atoms with Crippen LogP contribution < -0.4 is 4.90 Å². The van der Waals surface area contributed by atoms with Crippen LogP contribution >= 0.6 is 11.3 Å². The van der Waals surface area contributed by atoms with Crippen LogP contribution in [0.2, 0.25) is 0 Å². The topological polar surface area (TPSA) is 69.8 Å². The van der Waals surface area contributed by atoms with E-state index in [9.17, 15) is 14.3 Å². The lowest BCUT2D eigenvalue weighted by molar-refractivity contribution is 0.0735. The van der Waals surface area contributed by atoms with E-state index in [0.717, 1.165) is 10.6 Å². The van der Waals surface area contributed by atoms with E-state index in [1.54, 1.807) is 24.0 Å². The number of hydrogen-bond donors (Lipinski definition) is 1. The number of halogens is 1. The minimum absolute atomic E-state index is 0.189. The Bertz CT molecular complexity index is 946. The Labute approximate surface area is 165 Å². The monoisotopic (exact) mass is 401 g/mol. The summed E-state index contributed by atoms with van der Waals surface area (Å²) in [4.78, 5) is 17.9. The SMILES string of the molecule is CC(O)c1onc(-c2cccs2)c1C(=O)N1CCN(c2ccc(F)cc2)CC1. The molecule has 0 spiro atoms. The highest BCUT2D eigenvalue weighted by atomic mass is 32.1. The highest BCUT2D eigenvalue weighted by Gasteiger charge is 2.31. The van der Waals surface area contributed by atoms with Gasteiger partial charge in [0.05, 0.1) is 4.88 Å². The van der Waals surface area contributed by atoms with Crippen molar-refractivity contribution in [2.24, 2.45) is 0 Å². The van der Waals surface area contributed by atoms with Gasteiger partial charge < -0.3 is 19.4 Å². The summed E-state index contributed by atoms with van der Waals surface area (Å²) >= 11 is 1.46. The second kappa shape index (κ2) is 7.73. The molecule has 1 aliphatic heterocycles. The van der Waals surface area contributed by atoms with Crippen molar-refractivity contribution >= 4 is 22.9 Å². The molecule has 8 heteroatoms. The third-order valence-corrected chi connectivity index (χ3v) is 5.70. The van der Waals surface area contributed by atoms with Gasteiger partial charge in [-0.3, -0.25) is 4.79 Å². The maximum absolute atomic E-state index is 13.2. The standard InChI is InChI=1S/C20H20FN3O3S/c1-13(25)19-17(18(22-27-19)16-3-2-12-28-16)20(26)24-10-8-23(9-11-24)15-6-4-14(21)5-7-15/h2-7,12-13,25H,8-11H2,1H3. The molecule has 4 rings (SSSR count). The normalized spacial score (nSPS) is 15.7. The van der Waals surface area contributed by atoms with Gasteiger partial charge in [-0.15, -0.1) is 11.3 Å². The van der Waals surface area contributed by atoms with Crippen LogP contribution in [0.3, 0.4) is 0 Å². The number of nitrogens with zero attached hydrogens (tertiary/aromatic N) is 3. The number of aliphatic hydroxyl groups excluding tert-OH is 1. The number of carbonyl (C=O) groups excluding carboxylic acids is 1. The second-order valence-corrected chi connectivity index (χ2v) is 7.63. The third kappa shape index (κ3) is 3.53. The van der Waals surface area contributed by atoms with Crippen molar-refractivity contribution in [3.8, 4) is 10.6 Å². The summed E-state index contributed by atoms with van der Waals surface area (Å²) in [6.45, 7) is 3.87. The molecule has 1 aliphatic rings. The Kier molecular flexibility index (Phi) is 5.15. The first-order valence-corrected chi connectivity index (χ1v) is 9.94. The molecule has 3 heterocycles. The minimum atomic E-state index is -0.930. The van der Waals surface area contributed by atoms with Crippen molar-refractivity contribution in [3.63, 3.8) is 0 Å². The average Bonchev–Trinajstić information content (AvgIpc) is 3.37. The molecule has 0 saturated carbocycles. The van der Waals surface area contributed by atoms with Gasteiger partial charge in [-0.1, -0.05) is 11.2 Å². The Morgan fingerprint density at radius 1 is 1.21 bits per heavy atom. The highest BCUT2D eigenvalue weighted by Crippen LogP contribution is 2.33. The molecule has 28 heavy (non-hydrogen) atoms. The molecule has 2 aromatic heterocycles. The largest absolute Gasteiger partial charge is 0.385 e. The van der Waals surface area contributed by atoms with E-state index in [2.05, 4.69) is 10.1 Å². The summed E-state index contributed by atoms with van der Waals surface area (Å²) in [6.07, 6.45) is -0.930. The first-order valence-electron chi connectivity index (χ1n) is 9.06. The van der Waals surface area contributed by atoms with Crippen molar-refractivity contribution < 1.29 is 18.8 Å². The van der Waals surface area contributed by atoms with Crippen LogP contribution in [0, 0.1) is 5.82 Å².